The molecule has 2 N–H and O–H groups in total. The second kappa shape index (κ2) is 6.40. The third-order valence-electron chi connectivity index (χ3n) is 5.08. The highest BCUT2D eigenvalue weighted by molar-refractivity contribution is 5.63. The first kappa shape index (κ1) is 16.5. The second-order valence-electron chi connectivity index (χ2n) is 7.21. The first-order valence-electron chi connectivity index (χ1n) is 8.68. The number of rotatable bonds is 6. The highest BCUT2D eigenvalue weighted by atomic mass is 16.5. The summed E-state index contributed by atoms with van der Waals surface area (Å²) in [6.45, 7) is 1.98. The molecular weight excluding hydrogens is 320 g/mol. The number of likely N-dealkylation sites (N-methyl/N-ethyl adjacent to an activating group) is 1. The maximum absolute atomic E-state index is 6.03. The van der Waals surface area contributed by atoms with Crippen LogP contribution in [-0.2, 0) is 10.3 Å². The van der Waals surface area contributed by atoms with E-state index in [1.54, 1.807) is 0 Å². The van der Waals surface area contributed by atoms with E-state index in [-0.39, 0.29) is 6.04 Å². The molecule has 7 nitrogen and oxygen atoms in total. The monoisotopic (exact) mass is 344 g/mol. The Bertz CT molecular complexity index is 734. The van der Waals surface area contributed by atoms with Crippen molar-refractivity contribution in [3.8, 4) is 17.1 Å². The zero-order chi connectivity index (χ0) is 17.4. The van der Waals surface area contributed by atoms with Crippen molar-refractivity contribution in [1.82, 2.24) is 15.0 Å². The average molecular weight is 344 g/mol. The van der Waals surface area contributed by atoms with Crippen LogP contribution >= 0.6 is 0 Å². The van der Waals surface area contributed by atoms with E-state index in [1.165, 1.54) is 0 Å². The molecular formula is C18H24N4O3. The van der Waals surface area contributed by atoms with E-state index in [1.807, 2.05) is 38.4 Å². The van der Waals surface area contributed by atoms with Crippen LogP contribution in [0.3, 0.4) is 0 Å². The van der Waals surface area contributed by atoms with E-state index >= 15 is 0 Å². The van der Waals surface area contributed by atoms with Gasteiger partial charge in [-0.15, -0.1) is 0 Å². The number of hydrogen-bond donors (Lipinski definition) is 1. The SMILES string of the molecule is CN(C)CCOc1ccccc1-c1noc(C23CC(C2)C(N)CO3)n1. The first-order chi connectivity index (χ1) is 12.1. The van der Waals surface area contributed by atoms with Crippen LogP contribution in [0.15, 0.2) is 28.8 Å². The molecule has 25 heavy (non-hydrogen) atoms. The lowest BCUT2D eigenvalue weighted by Gasteiger charge is -2.52. The summed E-state index contributed by atoms with van der Waals surface area (Å²) in [5.74, 6) is 2.33. The quantitative estimate of drug-likeness (QED) is 0.852. The third-order valence-corrected chi connectivity index (χ3v) is 5.08. The number of ether oxygens (including phenoxy) is 2. The van der Waals surface area contributed by atoms with Crippen molar-refractivity contribution < 1.29 is 14.0 Å². The summed E-state index contributed by atoms with van der Waals surface area (Å²) in [5, 5.41) is 4.17. The fourth-order valence-electron chi connectivity index (χ4n) is 3.47. The maximum Gasteiger partial charge on any atom is 0.259 e. The van der Waals surface area contributed by atoms with Crippen molar-refractivity contribution in [2.75, 3.05) is 33.9 Å². The Morgan fingerprint density at radius 3 is 2.84 bits per heavy atom. The van der Waals surface area contributed by atoms with Crippen molar-refractivity contribution in [3.05, 3.63) is 30.2 Å². The minimum Gasteiger partial charge on any atom is -0.491 e. The van der Waals surface area contributed by atoms with Gasteiger partial charge in [0, 0.05) is 12.6 Å². The zero-order valence-corrected chi connectivity index (χ0v) is 14.6. The Labute approximate surface area is 147 Å². The lowest BCUT2D eigenvalue weighted by Crippen LogP contribution is -2.58. The normalized spacial score (nSPS) is 28.0. The predicted molar refractivity (Wildman–Crippen MR) is 92.1 cm³/mol. The number of fused-ring (bicyclic) bond motifs is 2. The van der Waals surface area contributed by atoms with Crippen molar-refractivity contribution in [2.45, 2.75) is 24.5 Å². The molecule has 1 saturated carbocycles. The van der Waals surface area contributed by atoms with Crippen LogP contribution in [0.2, 0.25) is 0 Å². The number of aromatic nitrogens is 2. The molecule has 0 amide bonds. The number of nitrogens with two attached hydrogens (primary N) is 1. The standard InChI is InChI=1S/C18H24N4O3/c1-22(2)7-8-23-15-6-4-3-5-13(15)16-20-17(25-21-16)18-9-12(10-18)14(19)11-24-18/h3-6,12,14H,7-11,19H2,1-2H3. The van der Waals surface area contributed by atoms with Crippen LogP contribution in [0.5, 0.6) is 5.75 Å². The van der Waals surface area contributed by atoms with Gasteiger partial charge in [0.2, 0.25) is 5.82 Å². The van der Waals surface area contributed by atoms with Gasteiger partial charge >= 0.3 is 0 Å². The van der Waals surface area contributed by atoms with Crippen molar-refractivity contribution in [1.29, 1.82) is 0 Å². The molecule has 2 saturated heterocycles. The summed E-state index contributed by atoms with van der Waals surface area (Å²) in [4.78, 5) is 6.68. The summed E-state index contributed by atoms with van der Waals surface area (Å²) in [7, 11) is 4.03. The van der Waals surface area contributed by atoms with Gasteiger partial charge in [0.25, 0.3) is 5.89 Å². The topological polar surface area (TPSA) is 86.6 Å². The molecule has 3 fully saturated rings. The average Bonchev–Trinajstić information content (AvgIpc) is 3.04. The van der Waals surface area contributed by atoms with E-state index in [9.17, 15) is 0 Å². The number of benzene rings is 1. The van der Waals surface area contributed by atoms with E-state index in [0.717, 1.165) is 30.7 Å². The van der Waals surface area contributed by atoms with E-state index in [0.29, 0.717) is 30.8 Å². The number of nitrogens with zero attached hydrogens (tertiary/aromatic N) is 3. The molecule has 3 aliphatic rings. The Morgan fingerprint density at radius 1 is 1.32 bits per heavy atom. The molecule has 134 valence electrons. The van der Waals surface area contributed by atoms with Crippen LogP contribution in [0.1, 0.15) is 18.7 Å². The molecule has 3 heterocycles. The maximum atomic E-state index is 6.03. The number of hydrogen-bond acceptors (Lipinski definition) is 7. The lowest BCUT2D eigenvalue weighted by molar-refractivity contribution is -0.207. The van der Waals surface area contributed by atoms with Crippen molar-refractivity contribution >= 4 is 0 Å². The van der Waals surface area contributed by atoms with Gasteiger partial charge in [-0.05, 0) is 45.0 Å². The van der Waals surface area contributed by atoms with Gasteiger partial charge in [0.15, 0.2) is 0 Å². The molecule has 1 aromatic heterocycles. The first-order valence-corrected chi connectivity index (χ1v) is 8.68. The Morgan fingerprint density at radius 2 is 2.12 bits per heavy atom. The predicted octanol–water partition coefficient (Wildman–Crippen LogP) is 1.64. The fourth-order valence-corrected chi connectivity index (χ4v) is 3.47. The Kier molecular flexibility index (Phi) is 4.23. The van der Waals surface area contributed by atoms with Gasteiger partial charge in [-0.3, -0.25) is 0 Å². The van der Waals surface area contributed by atoms with Crippen LogP contribution < -0.4 is 10.5 Å². The molecule has 1 unspecified atom stereocenters. The molecule has 1 aromatic carbocycles. The lowest BCUT2D eigenvalue weighted by atomic mass is 9.65. The van der Waals surface area contributed by atoms with Crippen LogP contribution in [-0.4, -0.2) is 54.9 Å². The fraction of sp³-hybridized carbons (Fsp3) is 0.556. The van der Waals surface area contributed by atoms with E-state index in [2.05, 4.69) is 15.0 Å². The van der Waals surface area contributed by atoms with Crippen LogP contribution in [0.4, 0.5) is 0 Å². The molecule has 2 aliphatic heterocycles. The highest BCUT2D eigenvalue weighted by Crippen LogP contribution is 2.52. The van der Waals surface area contributed by atoms with Gasteiger partial charge in [0.05, 0.1) is 12.2 Å². The summed E-state index contributed by atoms with van der Waals surface area (Å²) >= 11 is 0. The summed E-state index contributed by atoms with van der Waals surface area (Å²) < 4.78 is 17.4. The van der Waals surface area contributed by atoms with E-state index < -0.39 is 5.60 Å². The van der Waals surface area contributed by atoms with Crippen LogP contribution in [0, 0.1) is 5.92 Å². The Hall–Kier alpha value is -1.96. The molecule has 0 spiro atoms. The minimum atomic E-state index is -0.438. The number of para-hydroxylation sites is 1. The molecule has 0 radical (unpaired) electrons. The summed E-state index contributed by atoms with van der Waals surface area (Å²) in [6.07, 6.45) is 1.72. The highest BCUT2D eigenvalue weighted by Gasteiger charge is 2.56. The van der Waals surface area contributed by atoms with Crippen LogP contribution in [0.25, 0.3) is 11.4 Å². The van der Waals surface area contributed by atoms with Gasteiger partial charge < -0.3 is 24.6 Å². The van der Waals surface area contributed by atoms with Gasteiger partial charge in [-0.25, -0.2) is 0 Å². The molecule has 2 bridgehead atoms. The van der Waals surface area contributed by atoms with Gasteiger partial charge in [0.1, 0.15) is 18.0 Å². The Balaban J connectivity index is 1.53. The molecule has 7 heteroatoms. The molecule has 2 aromatic rings. The molecule has 5 rings (SSSR count). The summed E-state index contributed by atoms with van der Waals surface area (Å²) in [5.41, 5.74) is 6.42. The van der Waals surface area contributed by atoms with Crippen molar-refractivity contribution in [3.63, 3.8) is 0 Å². The minimum absolute atomic E-state index is 0.120. The molecule has 1 atom stereocenters. The van der Waals surface area contributed by atoms with Crippen molar-refractivity contribution in [2.24, 2.45) is 11.7 Å². The smallest absolute Gasteiger partial charge is 0.259 e. The largest absolute Gasteiger partial charge is 0.491 e. The summed E-state index contributed by atoms with van der Waals surface area (Å²) in [6, 6.07) is 7.87. The second-order valence-corrected chi connectivity index (χ2v) is 7.21. The van der Waals surface area contributed by atoms with E-state index in [4.69, 9.17) is 19.7 Å². The van der Waals surface area contributed by atoms with Gasteiger partial charge in [-0.1, -0.05) is 17.3 Å². The molecule has 1 aliphatic carbocycles. The third kappa shape index (κ3) is 3.03. The zero-order valence-electron chi connectivity index (χ0n) is 14.6. The van der Waals surface area contributed by atoms with Gasteiger partial charge in [-0.2, -0.15) is 4.98 Å².